The molecule has 0 unspecified atom stereocenters. The third-order valence-corrected chi connectivity index (χ3v) is 6.30. The molecule has 0 atom stereocenters. The van der Waals surface area contributed by atoms with Crippen molar-refractivity contribution in [2.45, 2.75) is 19.3 Å². The third kappa shape index (κ3) is 4.61. The van der Waals surface area contributed by atoms with Crippen LogP contribution in [0.15, 0.2) is 92.8 Å². The molecule has 2 aromatic heterocycles. The SMILES string of the molecule is O=C1/C(=C\c2ccc(-c3ccccc3Cl)o2)CCC/C1=C/c1ccc(-c2ccccc2Cl)o1. The number of halogens is 2. The molecule has 1 aliphatic carbocycles. The highest BCUT2D eigenvalue weighted by molar-refractivity contribution is 6.33. The van der Waals surface area contributed by atoms with Crippen LogP contribution in [0.25, 0.3) is 34.8 Å². The number of hydrogen-bond acceptors (Lipinski definition) is 3. The fourth-order valence-corrected chi connectivity index (χ4v) is 4.45. The van der Waals surface area contributed by atoms with Crippen molar-refractivity contribution in [3.05, 3.63) is 106 Å². The van der Waals surface area contributed by atoms with Gasteiger partial charge >= 0.3 is 0 Å². The summed E-state index contributed by atoms with van der Waals surface area (Å²) in [6.45, 7) is 0. The maximum absolute atomic E-state index is 13.1. The minimum Gasteiger partial charge on any atom is -0.457 e. The van der Waals surface area contributed by atoms with Crippen molar-refractivity contribution < 1.29 is 13.6 Å². The van der Waals surface area contributed by atoms with Crippen LogP contribution in [-0.2, 0) is 4.79 Å². The summed E-state index contributed by atoms with van der Waals surface area (Å²) in [4.78, 5) is 13.1. The van der Waals surface area contributed by atoms with Crippen molar-refractivity contribution in [1.29, 1.82) is 0 Å². The van der Waals surface area contributed by atoms with Gasteiger partial charge in [0.25, 0.3) is 0 Å². The minimum atomic E-state index is 0.0210. The fraction of sp³-hybridized carbons (Fsp3) is 0.107. The maximum Gasteiger partial charge on any atom is 0.185 e. The van der Waals surface area contributed by atoms with E-state index >= 15 is 0 Å². The van der Waals surface area contributed by atoms with Crippen molar-refractivity contribution in [1.82, 2.24) is 0 Å². The van der Waals surface area contributed by atoms with E-state index in [0.717, 1.165) is 28.7 Å². The zero-order chi connectivity index (χ0) is 22.8. The molecule has 0 N–H and O–H groups in total. The van der Waals surface area contributed by atoms with Gasteiger partial charge < -0.3 is 8.83 Å². The van der Waals surface area contributed by atoms with Gasteiger partial charge in [-0.05, 0) is 79.9 Å². The van der Waals surface area contributed by atoms with E-state index in [1.807, 2.05) is 84.9 Å². The molecular weight excluding hydrogens is 455 g/mol. The smallest absolute Gasteiger partial charge is 0.185 e. The topological polar surface area (TPSA) is 43.4 Å². The van der Waals surface area contributed by atoms with Crippen LogP contribution in [0.4, 0.5) is 0 Å². The normalized spacial score (nSPS) is 16.6. The summed E-state index contributed by atoms with van der Waals surface area (Å²) in [5, 5.41) is 1.25. The van der Waals surface area contributed by atoms with Gasteiger partial charge in [0.1, 0.15) is 23.0 Å². The highest BCUT2D eigenvalue weighted by atomic mass is 35.5. The number of benzene rings is 2. The van der Waals surface area contributed by atoms with Crippen LogP contribution in [0.2, 0.25) is 10.0 Å². The second-order valence-corrected chi connectivity index (χ2v) is 8.70. The highest BCUT2D eigenvalue weighted by Crippen LogP contribution is 2.33. The summed E-state index contributed by atoms with van der Waals surface area (Å²) in [7, 11) is 0. The molecule has 2 aromatic carbocycles. The largest absolute Gasteiger partial charge is 0.457 e. The zero-order valence-corrected chi connectivity index (χ0v) is 19.2. The molecule has 33 heavy (non-hydrogen) atoms. The molecule has 5 heteroatoms. The Morgan fingerprint density at radius 1 is 0.636 bits per heavy atom. The molecule has 2 heterocycles. The Hall–Kier alpha value is -3.27. The molecule has 5 rings (SSSR count). The Bertz CT molecular complexity index is 1280. The Morgan fingerprint density at radius 3 is 1.55 bits per heavy atom. The molecule has 4 aromatic rings. The highest BCUT2D eigenvalue weighted by Gasteiger charge is 2.22. The van der Waals surface area contributed by atoms with Gasteiger partial charge in [0, 0.05) is 22.3 Å². The Labute approximate surface area is 201 Å². The van der Waals surface area contributed by atoms with E-state index in [4.69, 9.17) is 32.0 Å². The van der Waals surface area contributed by atoms with Gasteiger partial charge in [0.15, 0.2) is 5.78 Å². The number of carbonyl (C=O) groups excluding carboxylic acids is 1. The van der Waals surface area contributed by atoms with Crippen LogP contribution in [0.3, 0.4) is 0 Å². The van der Waals surface area contributed by atoms with E-state index in [2.05, 4.69) is 0 Å². The average molecular weight is 475 g/mol. The Balaban J connectivity index is 1.38. The first-order valence-electron chi connectivity index (χ1n) is 10.7. The lowest BCUT2D eigenvalue weighted by Crippen LogP contribution is -2.12. The van der Waals surface area contributed by atoms with E-state index < -0.39 is 0 Å². The van der Waals surface area contributed by atoms with Gasteiger partial charge in [-0.2, -0.15) is 0 Å². The summed E-state index contributed by atoms with van der Waals surface area (Å²) in [6, 6.07) is 22.5. The minimum absolute atomic E-state index is 0.0210. The molecule has 1 fully saturated rings. The molecule has 0 amide bonds. The van der Waals surface area contributed by atoms with Crippen LogP contribution in [-0.4, -0.2) is 5.78 Å². The Morgan fingerprint density at radius 2 is 1.09 bits per heavy atom. The van der Waals surface area contributed by atoms with Crippen LogP contribution >= 0.6 is 23.2 Å². The van der Waals surface area contributed by atoms with E-state index in [1.165, 1.54) is 0 Å². The lowest BCUT2D eigenvalue weighted by atomic mass is 9.88. The number of ketones is 1. The first-order chi connectivity index (χ1) is 16.1. The summed E-state index contributed by atoms with van der Waals surface area (Å²) >= 11 is 12.6. The van der Waals surface area contributed by atoms with Gasteiger partial charge in [0.05, 0.1) is 10.0 Å². The van der Waals surface area contributed by atoms with Crippen molar-refractivity contribution in [2.24, 2.45) is 0 Å². The monoisotopic (exact) mass is 474 g/mol. The van der Waals surface area contributed by atoms with Crippen LogP contribution in [0, 0.1) is 0 Å². The molecule has 3 nitrogen and oxygen atoms in total. The number of hydrogen-bond donors (Lipinski definition) is 0. The predicted molar refractivity (Wildman–Crippen MR) is 133 cm³/mol. The first-order valence-corrected chi connectivity index (χ1v) is 11.5. The van der Waals surface area contributed by atoms with Gasteiger partial charge in [-0.3, -0.25) is 4.79 Å². The lowest BCUT2D eigenvalue weighted by Gasteiger charge is -2.15. The molecular formula is C28H20Cl2O3. The second-order valence-electron chi connectivity index (χ2n) is 7.89. The van der Waals surface area contributed by atoms with E-state index in [9.17, 15) is 4.79 Å². The molecule has 0 saturated heterocycles. The van der Waals surface area contributed by atoms with E-state index in [-0.39, 0.29) is 5.78 Å². The lowest BCUT2D eigenvalue weighted by molar-refractivity contribution is -0.112. The van der Waals surface area contributed by atoms with Crippen LogP contribution in [0.1, 0.15) is 30.8 Å². The Kier molecular flexibility index (Phi) is 6.08. The summed E-state index contributed by atoms with van der Waals surface area (Å²) in [5.41, 5.74) is 3.11. The van der Waals surface area contributed by atoms with Gasteiger partial charge in [-0.1, -0.05) is 47.5 Å². The van der Waals surface area contributed by atoms with Crippen LogP contribution in [0.5, 0.6) is 0 Å². The zero-order valence-electron chi connectivity index (χ0n) is 17.7. The molecule has 0 aliphatic heterocycles. The number of carbonyl (C=O) groups is 1. The molecule has 1 aliphatic rings. The molecule has 0 spiro atoms. The first kappa shape index (κ1) is 21.6. The van der Waals surface area contributed by atoms with Crippen molar-refractivity contribution in [3.63, 3.8) is 0 Å². The summed E-state index contributed by atoms with van der Waals surface area (Å²) < 4.78 is 11.9. The van der Waals surface area contributed by atoms with Crippen LogP contribution < -0.4 is 0 Å². The van der Waals surface area contributed by atoms with E-state index in [0.29, 0.717) is 45.9 Å². The van der Waals surface area contributed by atoms with Crippen molar-refractivity contribution >= 4 is 41.1 Å². The predicted octanol–water partition coefficient (Wildman–Crippen LogP) is 8.73. The number of allylic oxidation sites excluding steroid dienone is 2. The van der Waals surface area contributed by atoms with Crippen molar-refractivity contribution in [3.8, 4) is 22.6 Å². The van der Waals surface area contributed by atoms with Gasteiger partial charge in [0.2, 0.25) is 0 Å². The third-order valence-electron chi connectivity index (χ3n) is 5.64. The van der Waals surface area contributed by atoms with Gasteiger partial charge in [-0.15, -0.1) is 0 Å². The molecule has 0 radical (unpaired) electrons. The molecule has 0 bridgehead atoms. The number of Topliss-reactive ketones (excluding diaryl/α,β-unsaturated/α-hetero) is 1. The maximum atomic E-state index is 13.1. The standard InChI is InChI=1S/C28H20Cl2O3/c29-24-10-3-1-8-22(24)26-14-12-20(32-26)16-18-6-5-7-19(28(18)31)17-21-13-15-27(33-21)23-9-2-4-11-25(23)30/h1-4,8-17H,5-7H2/b18-16-,19-17-. The number of rotatable bonds is 4. The second kappa shape index (κ2) is 9.30. The van der Waals surface area contributed by atoms with Crippen molar-refractivity contribution in [2.75, 3.05) is 0 Å². The fourth-order valence-electron chi connectivity index (χ4n) is 3.99. The quantitative estimate of drug-likeness (QED) is 0.277. The summed E-state index contributed by atoms with van der Waals surface area (Å²) in [5.74, 6) is 2.64. The van der Waals surface area contributed by atoms with E-state index in [1.54, 1.807) is 0 Å². The molecule has 164 valence electrons. The molecule has 1 saturated carbocycles. The number of furan rings is 2. The summed E-state index contributed by atoms with van der Waals surface area (Å²) in [6.07, 6.45) is 5.96. The van der Waals surface area contributed by atoms with Gasteiger partial charge in [-0.25, -0.2) is 0 Å². The average Bonchev–Trinajstić information content (AvgIpc) is 3.47.